The molecule has 0 aliphatic rings. The van der Waals surface area contributed by atoms with Crippen molar-refractivity contribution >= 4 is 23.5 Å². The van der Waals surface area contributed by atoms with Crippen LogP contribution < -0.4 is 5.43 Å². The Bertz CT molecular complexity index is 506. The summed E-state index contributed by atoms with van der Waals surface area (Å²) in [6.45, 7) is 0. The highest BCUT2D eigenvalue weighted by Crippen LogP contribution is 2.16. The fourth-order valence-corrected chi connectivity index (χ4v) is 1.53. The first kappa shape index (κ1) is 11.6. The quantitative estimate of drug-likeness (QED) is 0.646. The van der Waals surface area contributed by atoms with Crippen molar-refractivity contribution in [1.82, 2.24) is 0 Å². The van der Waals surface area contributed by atoms with Gasteiger partial charge in [0.05, 0.1) is 16.9 Å². The molecule has 0 unspecified atom stereocenters. The summed E-state index contributed by atoms with van der Waals surface area (Å²) in [5, 5.41) is 4.27. The minimum atomic E-state index is -0.392. The molecule has 0 fully saturated rings. The predicted octanol–water partition coefficient (Wildman–Crippen LogP) is 3.93. The molecule has 2 nitrogen and oxygen atoms in total. The molecular weight excluding hydrogens is 239 g/mol. The molecule has 0 bridgehead atoms. The number of anilines is 1. The number of nitrogens with zero attached hydrogens (tertiary/aromatic N) is 1. The van der Waals surface area contributed by atoms with E-state index in [2.05, 4.69) is 10.5 Å². The van der Waals surface area contributed by atoms with Gasteiger partial charge in [-0.3, -0.25) is 5.43 Å². The second-order valence-corrected chi connectivity index (χ2v) is 3.78. The second kappa shape index (κ2) is 5.46. The van der Waals surface area contributed by atoms with Crippen LogP contribution in [-0.2, 0) is 0 Å². The molecule has 86 valence electrons. The monoisotopic (exact) mass is 248 g/mol. The number of hydrogen-bond acceptors (Lipinski definition) is 2. The third-order valence-corrected chi connectivity index (χ3v) is 2.49. The summed E-state index contributed by atoms with van der Waals surface area (Å²) in [6.07, 6.45) is 1.37. The summed E-state index contributed by atoms with van der Waals surface area (Å²) in [4.78, 5) is 0. The molecule has 2 aromatic carbocycles. The van der Waals surface area contributed by atoms with Gasteiger partial charge < -0.3 is 0 Å². The number of hydrazone groups is 1. The topological polar surface area (TPSA) is 24.4 Å². The van der Waals surface area contributed by atoms with Crippen LogP contribution in [-0.4, -0.2) is 6.21 Å². The van der Waals surface area contributed by atoms with Crippen LogP contribution in [0.15, 0.2) is 53.6 Å². The number of halogens is 2. The Morgan fingerprint density at radius 1 is 1.06 bits per heavy atom. The second-order valence-electron chi connectivity index (χ2n) is 3.37. The van der Waals surface area contributed by atoms with Gasteiger partial charge in [0.2, 0.25) is 0 Å². The molecule has 0 radical (unpaired) electrons. The Kier molecular flexibility index (Phi) is 3.73. The van der Waals surface area contributed by atoms with E-state index >= 15 is 0 Å². The summed E-state index contributed by atoms with van der Waals surface area (Å²) in [5.41, 5.74) is 3.90. The lowest BCUT2D eigenvalue weighted by atomic mass is 10.2. The van der Waals surface area contributed by atoms with Gasteiger partial charge in [0.25, 0.3) is 0 Å². The van der Waals surface area contributed by atoms with Crippen molar-refractivity contribution in [2.75, 3.05) is 5.43 Å². The summed E-state index contributed by atoms with van der Waals surface area (Å²) >= 11 is 5.85. The van der Waals surface area contributed by atoms with Gasteiger partial charge in [0.1, 0.15) is 5.82 Å². The van der Waals surface area contributed by atoms with E-state index in [1.807, 2.05) is 30.3 Å². The van der Waals surface area contributed by atoms with Crippen molar-refractivity contribution in [2.45, 2.75) is 0 Å². The maximum atomic E-state index is 13.4. The molecule has 0 aliphatic heterocycles. The average molecular weight is 249 g/mol. The minimum Gasteiger partial charge on any atom is -0.279 e. The van der Waals surface area contributed by atoms with Crippen LogP contribution in [0.1, 0.15) is 5.56 Å². The number of nitrogens with one attached hydrogen (secondary N) is 1. The fourth-order valence-electron chi connectivity index (χ4n) is 1.32. The first-order valence-electron chi connectivity index (χ1n) is 5.05. The molecule has 4 heteroatoms. The van der Waals surface area contributed by atoms with E-state index in [4.69, 9.17) is 11.6 Å². The van der Waals surface area contributed by atoms with Gasteiger partial charge in [-0.05, 0) is 24.3 Å². The Morgan fingerprint density at radius 3 is 2.53 bits per heavy atom. The Hall–Kier alpha value is -1.87. The largest absolute Gasteiger partial charge is 0.279 e. The predicted molar refractivity (Wildman–Crippen MR) is 69.1 cm³/mol. The summed E-state index contributed by atoms with van der Waals surface area (Å²) in [5.74, 6) is -0.392. The lowest BCUT2D eigenvalue weighted by Crippen LogP contribution is -1.93. The SMILES string of the molecule is Fc1cccc(Cl)c1C=NNc1ccccc1. The van der Waals surface area contributed by atoms with Crippen molar-refractivity contribution in [1.29, 1.82) is 0 Å². The number of rotatable bonds is 3. The van der Waals surface area contributed by atoms with Crippen LogP contribution in [0.2, 0.25) is 5.02 Å². The summed E-state index contributed by atoms with van der Waals surface area (Å²) < 4.78 is 13.4. The molecule has 2 aromatic rings. The molecule has 0 saturated carbocycles. The maximum absolute atomic E-state index is 13.4. The van der Waals surface area contributed by atoms with E-state index in [9.17, 15) is 4.39 Å². The maximum Gasteiger partial charge on any atom is 0.133 e. The summed E-state index contributed by atoms with van der Waals surface area (Å²) in [6, 6.07) is 13.9. The standard InChI is InChI=1S/C13H10ClFN2/c14-12-7-4-8-13(15)11(12)9-16-17-10-5-2-1-3-6-10/h1-9,17H. The highest BCUT2D eigenvalue weighted by atomic mass is 35.5. The van der Waals surface area contributed by atoms with Gasteiger partial charge in [0.15, 0.2) is 0 Å². The van der Waals surface area contributed by atoms with Crippen molar-refractivity contribution in [3.8, 4) is 0 Å². The smallest absolute Gasteiger partial charge is 0.133 e. The van der Waals surface area contributed by atoms with Gasteiger partial charge >= 0.3 is 0 Å². The molecule has 0 atom stereocenters. The Balaban J connectivity index is 2.11. The normalized spacial score (nSPS) is 10.7. The van der Waals surface area contributed by atoms with Gasteiger partial charge in [-0.1, -0.05) is 35.9 Å². The van der Waals surface area contributed by atoms with Crippen LogP contribution in [0.25, 0.3) is 0 Å². The molecule has 1 N–H and O–H groups in total. The van der Waals surface area contributed by atoms with E-state index in [1.54, 1.807) is 12.1 Å². The van der Waals surface area contributed by atoms with E-state index in [0.717, 1.165) is 5.69 Å². The lowest BCUT2D eigenvalue weighted by Gasteiger charge is -2.00. The minimum absolute atomic E-state index is 0.276. The van der Waals surface area contributed by atoms with Crippen molar-refractivity contribution < 1.29 is 4.39 Å². The number of benzene rings is 2. The van der Waals surface area contributed by atoms with Gasteiger partial charge in [-0.25, -0.2) is 4.39 Å². The van der Waals surface area contributed by atoms with Gasteiger partial charge in [0, 0.05) is 5.56 Å². The van der Waals surface area contributed by atoms with Gasteiger partial charge in [-0.2, -0.15) is 5.10 Å². The molecule has 0 spiro atoms. The molecule has 0 amide bonds. The zero-order valence-electron chi connectivity index (χ0n) is 8.90. The van der Waals surface area contributed by atoms with Crippen LogP contribution in [0.4, 0.5) is 10.1 Å². The van der Waals surface area contributed by atoms with E-state index in [1.165, 1.54) is 12.3 Å². The first-order chi connectivity index (χ1) is 8.27. The molecule has 17 heavy (non-hydrogen) atoms. The molecule has 0 heterocycles. The molecule has 2 rings (SSSR count). The molecule has 0 aromatic heterocycles. The number of hydrogen-bond donors (Lipinski definition) is 1. The van der Waals surface area contributed by atoms with Crippen LogP contribution >= 0.6 is 11.6 Å². The van der Waals surface area contributed by atoms with Crippen LogP contribution in [0.5, 0.6) is 0 Å². The van der Waals surface area contributed by atoms with E-state index in [0.29, 0.717) is 5.02 Å². The third-order valence-electron chi connectivity index (χ3n) is 2.16. The molecule has 0 aliphatic carbocycles. The Morgan fingerprint density at radius 2 is 1.82 bits per heavy atom. The zero-order chi connectivity index (χ0) is 12.1. The van der Waals surface area contributed by atoms with Crippen molar-refractivity contribution in [3.63, 3.8) is 0 Å². The third kappa shape index (κ3) is 3.04. The first-order valence-corrected chi connectivity index (χ1v) is 5.43. The average Bonchev–Trinajstić information content (AvgIpc) is 2.34. The number of para-hydroxylation sites is 1. The van der Waals surface area contributed by atoms with Crippen LogP contribution in [0.3, 0.4) is 0 Å². The Labute approximate surface area is 104 Å². The molecule has 0 saturated heterocycles. The van der Waals surface area contributed by atoms with Crippen molar-refractivity contribution in [3.05, 3.63) is 64.9 Å². The van der Waals surface area contributed by atoms with Crippen molar-refractivity contribution in [2.24, 2.45) is 5.10 Å². The van der Waals surface area contributed by atoms with E-state index in [-0.39, 0.29) is 5.56 Å². The fraction of sp³-hybridized carbons (Fsp3) is 0. The summed E-state index contributed by atoms with van der Waals surface area (Å²) in [7, 11) is 0. The van der Waals surface area contributed by atoms with Crippen LogP contribution in [0, 0.1) is 5.82 Å². The highest BCUT2D eigenvalue weighted by Gasteiger charge is 2.02. The highest BCUT2D eigenvalue weighted by molar-refractivity contribution is 6.33. The zero-order valence-corrected chi connectivity index (χ0v) is 9.66. The van der Waals surface area contributed by atoms with E-state index < -0.39 is 5.82 Å². The van der Waals surface area contributed by atoms with Gasteiger partial charge in [-0.15, -0.1) is 0 Å². The molecular formula is C13H10ClFN2. The lowest BCUT2D eigenvalue weighted by molar-refractivity contribution is 0.626.